The van der Waals surface area contributed by atoms with Crippen molar-refractivity contribution in [1.29, 1.82) is 0 Å². The maximum Gasteiger partial charge on any atom is 0.335 e. The van der Waals surface area contributed by atoms with E-state index in [1.165, 1.54) is 12.8 Å². The zero-order valence-electron chi connectivity index (χ0n) is 20.2. The molecule has 37 heavy (non-hydrogen) atoms. The summed E-state index contributed by atoms with van der Waals surface area (Å²) >= 11 is 0. The van der Waals surface area contributed by atoms with E-state index < -0.39 is 53.8 Å². The summed E-state index contributed by atoms with van der Waals surface area (Å²) < 4.78 is 17.5. The van der Waals surface area contributed by atoms with Crippen LogP contribution in [0.1, 0.15) is 43.2 Å². The molecular weight excluding hydrogens is 486 g/mol. The van der Waals surface area contributed by atoms with Crippen molar-refractivity contribution in [2.45, 2.75) is 92.4 Å². The Bertz CT molecular complexity index is 1170. The zero-order chi connectivity index (χ0) is 25.9. The molecule has 5 N–H and O–H groups in total. The summed E-state index contributed by atoms with van der Waals surface area (Å²) in [5.74, 6) is -0.520. The number of nitrogens with zero attached hydrogens (tertiary/aromatic N) is 1. The van der Waals surface area contributed by atoms with Gasteiger partial charge in [0, 0.05) is 24.6 Å². The van der Waals surface area contributed by atoms with Crippen molar-refractivity contribution < 1.29 is 49.3 Å². The van der Waals surface area contributed by atoms with E-state index in [-0.39, 0.29) is 29.7 Å². The second-order valence-electron chi connectivity index (χ2n) is 11.5. The fraction of sp³-hybridized carbons (Fsp3) is 0.692. The number of aliphatic hydroxyl groups excluding tert-OH is 3. The lowest BCUT2D eigenvalue weighted by atomic mass is 9.49. The third-order valence-electron chi connectivity index (χ3n) is 9.60. The fourth-order valence-corrected chi connectivity index (χ4v) is 7.62. The molecule has 4 fully saturated rings. The van der Waals surface area contributed by atoms with E-state index in [1.54, 1.807) is 6.07 Å². The van der Waals surface area contributed by atoms with Crippen LogP contribution in [-0.2, 0) is 26.2 Å². The molecule has 1 aromatic carbocycles. The zero-order valence-corrected chi connectivity index (χ0v) is 20.2. The minimum absolute atomic E-state index is 0.0764. The number of aliphatic carboxylic acids is 1. The number of carboxylic acids is 1. The van der Waals surface area contributed by atoms with E-state index in [2.05, 4.69) is 4.90 Å². The molecule has 2 bridgehead atoms. The molecule has 2 saturated heterocycles. The molecule has 0 radical (unpaired) electrons. The van der Waals surface area contributed by atoms with Crippen molar-refractivity contribution in [3.8, 4) is 11.5 Å². The highest BCUT2D eigenvalue weighted by atomic mass is 16.7. The van der Waals surface area contributed by atoms with Crippen molar-refractivity contribution in [2.24, 2.45) is 5.92 Å². The monoisotopic (exact) mass is 517 g/mol. The third kappa shape index (κ3) is 3.09. The van der Waals surface area contributed by atoms with Crippen LogP contribution in [0.25, 0.3) is 0 Å². The van der Waals surface area contributed by atoms with Crippen LogP contribution in [0.4, 0.5) is 0 Å². The van der Waals surface area contributed by atoms with E-state index in [9.17, 15) is 35.1 Å². The molecule has 11 nitrogen and oxygen atoms in total. The summed E-state index contributed by atoms with van der Waals surface area (Å²) in [6.45, 7) is 1.69. The SMILES string of the molecule is O=C(O)[C@@H]1O[C@@H](Oc2ccc3c4c2O[C@H]2C(=O)CC[C@@]5(O)[C@@H](C3)N(CC3CC3)CC[C@]425)[C@@H](O)[C@@H](O)[C@@H]1O. The van der Waals surface area contributed by atoms with E-state index in [0.717, 1.165) is 24.2 Å². The number of ether oxygens (including phenoxy) is 3. The number of piperidine rings is 1. The van der Waals surface area contributed by atoms with Gasteiger partial charge >= 0.3 is 5.97 Å². The van der Waals surface area contributed by atoms with Gasteiger partial charge in [-0.3, -0.25) is 9.69 Å². The minimum Gasteiger partial charge on any atom is -0.479 e. The number of benzene rings is 1. The topological polar surface area (TPSA) is 166 Å². The smallest absolute Gasteiger partial charge is 0.335 e. The van der Waals surface area contributed by atoms with Crippen LogP contribution < -0.4 is 9.47 Å². The molecule has 3 heterocycles. The number of aliphatic hydroxyl groups is 4. The van der Waals surface area contributed by atoms with E-state index in [4.69, 9.17) is 14.2 Å². The molecule has 0 amide bonds. The molecule has 0 unspecified atom stereocenters. The average molecular weight is 518 g/mol. The molecule has 0 aromatic heterocycles. The molecular formula is C26H31NO10. The predicted octanol–water partition coefficient (Wildman–Crippen LogP) is -0.909. The van der Waals surface area contributed by atoms with Gasteiger partial charge in [0.25, 0.3) is 0 Å². The standard InChI is InChI=1S/C26H31NO10/c28-13-5-6-26(34)15-9-12-3-4-14(35-24-19(31)17(29)18(30)21(37-24)23(32)33)20-16(12)25(26,22(13)36-20)7-8-27(15)10-11-1-2-11/h3-4,11,15,17-19,21-22,24,29-31,34H,1-2,5-10H2,(H,32,33)/t15-,17+,18+,19+,21-,22+,24-,25+,26-/m1/s1. The number of ketones is 1. The Morgan fingerprint density at radius 2 is 1.92 bits per heavy atom. The van der Waals surface area contributed by atoms with Crippen molar-refractivity contribution in [3.63, 3.8) is 0 Å². The fourth-order valence-electron chi connectivity index (χ4n) is 7.62. The first kappa shape index (κ1) is 23.8. The molecule has 200 valence electrons. The Hall–Kier alpha value is -2.28. The van der Waals surface area contributed by atoms with E-state index in [0.29, 0.717) is 25.2 Å². The molecule has 3 aliphatic carbocycles. The second-order valence-corrected chi connectivity index (χ2v) is 11.5. The van der Waals surface area contributed by atoms with Gasteiger partial charge in [-0.25, -0.2) is 4.79 Å². The van der Waals surface area contributed by atoms with Gasteiger partial charge in [-0.1, -0.05) is 6.07 Å². The molecule has 1 spiro atoms. The van der Waals surface area contributed by atoms with Crippen molar-refractivity contribution in [1.82, 2.24) is 4.90 Å². The van der Waals surface area contributed by atoms with Gasteiger partial charge in [-0.2, -0.15) is 0 Å². The number of carboxylic acid groups (broad SMARTS) is 1. The van der Waals surface area contributed by atoms with Crippen LogP contribution in [0.5, 0.6) is 11.5 Å². The summed E-state index contributed by atoms with van der Waals surface area (Å²) in [6, 6.07) is 3.37. The molecule has 3 aliphatic heterocycles. The van der Waals surface area contributed by atoms with Crippen LogP contribution in [0.15, 0.2) is 12.1 Å². The van der Waals surface area contributed by atoms with Gasteiger partial charge in [0.15, 0.2) is 29.5 Å². The number of carbonyl (C=O) groups excluding carboxylic acids is 1. The number of hydrogen-bond acceptors (Lipinski definition) is 10. The van der Waals surface area contributed by atoms with Gasteiger partial charge in [0.1, 0.15) is 18.3 Å². The summed E-state index contributed by atoms with van der Waals surface area (Å²) in [7, 11) is 0. The number of hydrogen-bond donors (Lipinski definition) is 5. The lowest BCUT2D eigenvalue weighted by molar-refractivity contribution is -0.271. The van der Waals surface area contributed by atoms with Gasteiger partial charge in [0.2, 0.25) is 6.29 Å². The van der Waals surface area contributed by atoms with Crippen LogP contribution >= 0.6 is 0 Å². The van der Waals surface area contributed by atoms with Crippen LogP contribution in [-0.4, -0.2) is 104 Å². The number of Topliss-reactive ketones (excluding diaryl/α,β-unsaturated/α-hetero) is 1. The molecule has 2 saturated carbocycles. The first-order valence-corrected chi connectivity index (χ1v) is 13.1. The van der Waals surface area contributed by atoms with Crippen molar-refractivity contribution in [3.05, 3.63) is 23.3 Å². The Morgan fingerprint density at radius 1 is 1.14 bits per heavy atom. The van der Waals surface area contributed by atoms with E-state index in [1.807, 2.05) is 6.07 Å². The lowest BCUT2D eigenvalue weighted by Crippen LogP contribution is -2.76. The Labute approximate surface area is 212 Å². The quantitative estimate of drug-likeness (QED) is 0.328. The Kier molecular flexibility index (Phi) is 5.07. The average Bonchev–Trinajstić information content (AvgIpc) is 3.61. The van der Waals surface area contributed by atoms with E-state index >= 15 is 0 Å². The number of rotatable bonds is 5. The predicted molar refractivity (Wildman–Crippen MR) is 123 cm³/mol. The normalized spacial score (nSPS) is 44.2. The highest BCUT2D eigenvalue weighted by Crippen LogP contribution is 2.65. The summed E-state index contributed by atoms with van der Waals surface area (Å²) in [4.78, 5) is 27.1. The highest BCUT2D eigenvalue weighted by Gasteiger charge is 2.73. The molecule has 7 rings (SSSR count). The minimum atomic E-state index is -1.84. The number of carbonyl (C=O) groups is 2. The first-order valence-electron chi connectivity index (χ1n) is 13.1. The molecule has 11 heteroatoms. The second kappa shape index (κ2) is 7.87. The van der Waals surface area contributed by atoms with Gasteiger partial charge in [0.05, 0.1) is 11.0 Å². The molecule has 6 aliphatic rings. The Morgan fingerprint density at radius 3 is 2.65 bits per heavy atom. The lowest BCUT2D eigenvalue weighted by Gasteiger charge is -2.62. The van der Waals surface area contributed by atoms with Gasteiger partial charge in [-0.15, -0.1) is 0 Å². The van der Waals surface area contributed by atoms with Gasteiger partial charge < -0.3 is 39.7 Å². The summed E-state index contributed by atoms with van der Waals surface area (Å²) in [5, 5.41) is 52.4. The molecule has 9 atom stereocenters. The molecule has 1 aromatic rings. The largest absolute Gasteiger partial charge is 0.479 e. The highest BCUT2D eigenvalue weighted by molar-refractivity contribution is 5.90. The van der Waals surface area contributed by atoms with Crippen molar-refractivity contribution in [2.75, 3.05) is 13.1 Å². The Balaban J connectivity index is 1.29. The van der Waals surface area contributed by atoms with Crippen LogP contribution in [0.3, 0.4) is 0 Å². The van der Waals surface area contributed by atoms with Gasteiger partial charge in [-0.05, 0) is 56.2 Å². The summed E-state index contributed by atoms with van der Waals surface area (Å²) in [6.07, 6.45) is -5.51. The summed E-state index contributed by atoms with van der Waals surface area (Å²) in [5.41, 5.74) is -0.349. The number of likely N-dealkylation sites (tertiary alicyclic amines) is 1. The van der Waals surface area contributed by atoms with Crippen LogP contribution in [0.2, 0.25) is 0 Å². The third-order valence-corrected chi connectivity index (χ3v) is 9.60. The van der Waals surface area contributed by atoms with Crippen LogP contribution in [0, 0.1) is 5.92 Å². The maximum atomic E-state index is 13.2. The van der Waals surface area contributed by atoms with Crippen molar-refractivity contribution >= 4 is 11.8 Å². The maximum absolute atomic E-state index is 13.2. The first-order chi connectivity index (χ1) is 17.7.